The van der Waals surface area contributed by atoms with Gasteiger partial charge in [0.1, 0.15) is 18.8 Å². The van der Waals surface area contributed by atoms with Crippen LogP contribution in [0.2, 0.25) is 0 Å². The maximum atomic E-state index is 11.8. The molecule has 3 rings (SSSR count). The maximum Gasteiger partial charge on any atom is 0.309 e. The Hall–Kier alpha value is -3.20. The van der Waals surface area contributed by atoms with Crippen molar-refractivity contribution in [2.45, 2.75) is 34.1 Å². The first-order chi connectivity index (χ1) is 13.4. The zero-order valence-electron chi connectivity index (χ0n) is 16.5. The molecule has 0 saturated heterocycles. The lowest BCUT2D eigenvalue weighted by Crippen LogP contribution is -2.64. The minimum atomic E-state index is -0.928. The number of carbonyl (C=O) groups is 2. The van der Waals surface area contributed by atoms with Crippen LogP contribution in [-0.4, -0.2) is 49.6 Å². The number of aliphatic carboxylic acids is 1. The molecule has 148 valence electrons. The molecular formula is C19H25N6O3+. The lowest BCUT2D eigenvalue weighted by molar-refractivity contribution is -0.876. The predicted molar refractivity (Wildman–Crippen MR) is 103 cm³/mol. The summed E-state index contributed by atoms with van der Waals surface area (Å²) in [5.74, 6) is -1.10. The fourth-order valence-corrected chi connectivity index (χ4v) is 3.74. The number of benzene rings is 1. The Labute approximate surface area is 163 Å². The molecule has 0 aliphatic carbocycles. The Morgan fingerprint density at radius 3 is 2.32 bits per heavy atom. The molecule has 0 fully saturated rings. The Kier molecular flexibility index (Phi) is 5.19. The van der Waals surface area contributed by atoms with Gasteiger partial charge >= 0.3 is 5.97 Å². The molecule has 0 bridgehead atoms. The Morgan fingerprint density at radius 2 is 1.82 bits per heavy atom. The molecule has 1 aromatic heterocycles. The average molecular weight is 385 g/mol. The van der Waals surface area contributed by atoms with Crippen molar-refractivity contribution in [3.63, 3.8) is 0 Å². The van der Waals surface area contributed by atoms with E-state index in [1.54, 1.807) is 16.9 Å². The molecule has 0 atom stereocenters. The maximum absolute atomic E-state index is 11.8. The number of ketones is 1. The highest BCUT2D eigenvalue weighted by atomic mass is 16.4. The highest BCUT2D eigenvalue weighted by Gasteiger charge is 2.49. The summed E-state index contributed by atoms with van der Waals surface area (Å²) in [6, 6.07) is 9.72. The summed E-state index contributed by atoms with van der Waals surface area (Å²) < 4.78 is 0.300. The second kappa shape index (κ2) is 7.43. The second-order valence-electron chi connectivity index (χ2n) is 6.69. The number of Topliss-reactive ketones (excluding diaryl/α,β-unsaturated/α-hetero) is 1. The number of carboxylic acids is 1. The number of aromatic nitrogens is 3. The Bertz CT molecular complexity index is 930. The van der Waals surface area contributed by atoms with E-state index in [0.717, 1.165) is 11.3 Å². The van der Waals surface area contributed by atoms with Crippen LogP contribution in [0, 0.1) is 6.92 Å². The third-order valence-corrected chi connectivity index (χ3v) is 5.11. The smallest absolute Gasteiger partial charge is 0.309 e. The number of hydrazine groups is 1. The molecule has 1 aromatic carbocycles. The van der Waals surface area contributed by atoms with Crippen LogP contribution >= 0.6 is 0 Å². The van der Waals surface area contributed by atoms with Crippen LogP contribution in [0.25, 0.3) is 5.70 Å². The van der Waals surface area contributed by atoms with Crippen LogP contribution in [0.1, 0.15) is 48.9 Å². The van der Waals surface area contributed by atoms with Gasteiger partial charge < -0.3 is 5.11 Å². The largest absolute Gasteiger partial charge is 0.481 e. The van der Waals surface area contributed by atoms with Crippen molar-refractivity contribution in [3.8, 4) is 0 Å². The standard InChI is InChI=1S/C19H24N6O3/c1-5-25(6-2)19(15-10-8-7-9-11-15)16(12-17(27)28)21-24(25)23-13(3)18(14(4)26)20-22-23/h7-11,21H,5-6,12H2,1-4H3/p+1. The molecular weight excluding hydrogens is 360 g/mol. The Balaban J connectivity index is 2.20. The topological polar surface area (TPSA) is 100 Å². The van der Waals surface area contributed by atoms with Crippen molar-refractivity contribution >= 4 is 17.4 Å². The van der Waals surface area contributed by atoms with Gasteiger partial charge in [-0.3, -0.25) is 9.59 Å². The molecule has 0 radical (unpaired) electrons. The van der Waals surface area contributed by atoms with E-state index >= 15 is 0 Å². The van der Waals surface area contributed by atoms with Gasteiger partial charge in [-0.1, -0.05) is 23.0 Å². The van der Waals surface area contributed by atoms with Crippen LogP contribution in [0.3, 0.4) is 0 Å². The molecule has 1 aliphatic rings. The van der Waals surface area contributed by atoms with E-state index in [9.17, 15) is 14.7 Å². The highest BCUT2D eigenvalue weighted by Crippen LogP contribution is 2.37. The van der Waals surface area contributed by atoms with Crippen molar-refractivity contribution in [1.29, 1.82) is 0 Å². The van der Waals surface area contributed by atoms with Gasteiger partial charge in [0.05, 0.1) is 12.1 Å². The summed E-state index contributed by atoms with van der Waals surface area (Å²) >= 11 is 0. The number of rotatable bonds is 7. The van der Waals surface area contributed by atoms with Gasteiger partial charge in [0.15, 0.2) is 17.2 Å². The van der Waals surface area contributed by atoms with E-state index in [0.29, 0.717) is 34.8 Å². The van der Waals surface area contributed by atoms with E-state index in [1.165, 1.54) is 6.92 Å². The number of carboxylic acid groups (broad SMARTS) is 1. The second-order valence-corrected chi connectivity index (χ2v) is 6.69. The van der Waals surface area contributed by atoms with Crippen molar-refractivity contribution in [2.24, 2.45) is 0 Å². The fourth-order valence-electron chi connectivity index (χ4n) is 3.74. The first-order valence-electron chi connectivity index (χ1n) is 9.24. The fraction of sp³-hybridized carbons (Fsp3) is 0.368. The van der Waals surface area contributed by atoms with Crippen molar-refractivity contribution in [2.75, 3.05) is 18.3 Å². The zero-order chi connectivity index (χ0) is 20.5. The molecule has 28 heavy (non-hydrogen) atoms. The Morgan fingerprint density at radius 1 is 1.18 bits per heavy atom. The summed E-state index contributed by atoms with van der Waals surface area (Å²) in [4.78, 5) is 24.9. The van der Waals surface area contributed by atoms with Crippen LogP contribution in [-0.2, 0) is 4.79 Å². The number of quaternary nitrogens is 1. The van der Waals surface area contributed by atoms with E-state index < -0.39 is 5.97 Å². The molecule has 9 nitrogen and oxygen atoms in total. The van der Waals surface area contributed by atoms with Gasteiger partial charge in [0.25, 0.3) is 0 Å². The van der Waals surface area contributed by atoms with Crippen molar-refractivity contribution < 1.29 is 19.3 Å². The van der Waals surface area contributed by atoms with Crippen LogP contribution in [0.4, 0.5) is 0 Å². The first kappa shape index (κ1) is 19.6. The van der Waals surface area contributed by atoms with Crippen molar-refractivity contribution in [3.05, 3.63) is 53.0 Å². The molecule has 2 N–H and O–H groups in total. The number of nitrogens with zero attached hydrogens (tertiary/aromatic N) is 5. The number of nitrogens with one attached hydrogen (secondary N) is 1. The summed E-state index contributed by atoms with van der Waals surface area (Å²) in [6.07, 6.45) is -0.159. The summed E-state index contributed by atoms with van der Waals surface area (Å²) in [7, 11) is 0. The zero-order valence-corrected chi connectivity index (χ0v) is 16.5. The third-order valence-electron chi connectivity index (χ3n) is 5.11. The summed E-state index contributed by atoms with van der Waals surface area (Å²) in [5.41, 5.74) is 6.49. The number of carbonyl (C=O) groups excluding carboxylic acids is 1. The minimum absolute atomic E-state index is 0.159. The summed E-state index contributed by atoms with van der Waals surface area (Å²) in [6.45, 7) is 8.57. The van der Waals surface area contributed by atoms with Gasteiger partial charge in [-0.15, -0.1) is 5.10 Å². The number of hydrogen-bond donors (Lipinski definition) is 2. The monoisotopic (exact) mass is 385 g/mol. The summed E-state index contributed by atoms with van der Waals surface area (Å²) in [5, 5.41) is 19.4. The van der Waals surface area contributed by atoms with Crippen LogP contribution < -0.4 is 10.7 Å². The van der Waals surface area contributed by atoms with Gasteiger partial charge in [-0.25, -0.2) is 5.43 Å². The molecule has 0 amide bonds. The molecule has 0 saturated carbocycles. The van der Waals surface area contributed by atoms with Gasteiger partial charge in [0.2, 0.25) is 0 Å². The average Bonchev–Trinajstić information content (AvgIpc) is 3.19. The molecule has 1 aliphatic heterocycles. The SMILES string of the molecule is CC[N+]1(CC)C(c2ccccc2)=C(CC(=O)O)NN1n1nnc(C(C)=O)c1C. The molecule has 2 aromatic rings. The number of hydrogen-bond acceptors (Lipinski definition) is 6. The van der Waals surface area contributed by atoms with Crippen LogP contribution in [0.5, 0.6) is 0 Å². The van der Waals surface area contributed by atoms with E-state index in [-0.39, 0.29) is 12.2 Å². The third kappa shape index (κ3) is 3.03. The van der Waals surface area contributed by atoms with Crippen molar-refractivity contribution in [1.82, 2.24) is 20.5 Å². The molecule has 9 heteroatoms. The van der Waals surface area contributed by atoms with Gasteiger partial charge in [-0.2, -0.15) is 4.59 Å². The van der Waals surface area contributed by atoms with E-state index in [2.05, 4.69) is 15.7 Å². The first-order valence-corrected chi connectivity index (χ1v) is 9.24. The van der Waals surface area contributed by atoms with E-state index in [4.69, 9.17) is 0 Å². The molecule has 0 unspecified atom stereocenters. The quantitative estimate of drug-likeness (QED) is 0.554. The van der Waals surface area contributed by atoms with Crippen LogP contribution in [0.15, 0.2) is 36.0 Å². The molecule has 2 heterocycles. The lowest BCUT2D eigenvalue weighted by Gasteiger charge is -2.39. The minimum Gasteiger partial charge on any atom is -0.481 e. The lowest BCUT2D eigenvalue weighted by atomic mass is 10.1. The predicted octanol–water partition coefficient (Wildman–Crippen LogP) is 1.86. The molecule has 0 spiro atoms. The van der Waals surface area contributed by atoms with Gasteiger partial charge in [-0.05, 0) is 43.3 Å². The normalized spacial score (nSPS) is 15.6. The highest BCUT2D eigenvalue weighted by molar-refractivity contribution is 5.93. The van der Waals surface area contributed by atoms with Gasteiger partial charge in [0, 0.05) is 12.5 Å². The van der Waals surface area contributed by atoms with E-state index in [1.807, 2.05) is 44.2 Å².